The molecule has 5 aliphatic carbocycles. The molecular formula is C46H66O11. The van der Waals surface area contributed by atoms with Gasteiger partial charge in [-0.05, 0) is 133 Å². The maximum Gasteiger partial charge on any atom is 0.331 e. The lowest BCUT2D eigenvalue weighted by molar-refractivity contribution is -0.330. The fourth-order valence-corrected chi connectivity index (χ4v) is 13.5. The number of aliphatic hydroxyl groups excluding tert-OH is 3. The molecule has 1 saturated heterocycles. The Morgan fingerprint density at radius 2 is 1.65 bits per heavy atom. The number of phenolic OH excluding ortho intramolecular Hbond substituents is 1. The van der Waals surface area contributed by atoms with Gasteiger partial charge in [-0.2, -0.15) is 0 Å². The summed E-state index contributed by atoms with van der Waals surface area (Å²) in [6, 6.07) is 4.57. The minimum Gasteiger partial charge on any atom is -0.504 e. The highest BCUT2D eigenvalue weighted by molar-refractivity contribution is 5.87. The Labute approximate surface area is 337 Å². The van der Waals surface area contributed by atoms with Gasteiger partial charge in [0, 0.05) is 6.08 Å². The Hall–Kier alpha value is -2.96. The number of carbonyl (C=O) groups is 2. The number of hydrogen-bond acceptors (Lipinski definition) is 10. The molecule has 6 aliphatic rings. The van der Waals surface area contributed by atoms with Crippen LogP contribution in [0.2, 0.25) is 0 Å². The number of phenols is 1. The normalized spacial score (nSPS) is 43.4. The van der Waals surface area contributed by atoms with Crippen LogP contribution in [0.5, 0.6) is 11.5 Å². The van der Waals surface area contributed by atoms with Crippen LogP contribution in [0.25, 0.3) is 6.08 Å². The zero-order valence-corrected chi connectivity index (χ0v) is 35.1. The molecular weight excluding hydrogens is 728 g/mol. The number of fused-ring (bicyclic) bond motifs is 7. The largest absolute Gasteiger partial charge is 0.504 e. The molecule has 11 heteroatoms. The van der Waals surface area contributed by atoms with Crippen LogP contribution in [-0.4, -0.2) is 88.0 Å². The molecule has 4 saturated carbocycles. The number of aliphatic carboxylic acids is 1. The average Bonchev–Trinajstić information content (AvgIpc) is 3.15. The fourth-order valence-electron chi connectivity index (χ4n) is 13.5. The Balaban J connectivity index is 1.06. The first kappa shape index (κ1) is 42.2. The van der Waals surface area contributed by atoms with E-state index in [1.165, 1.54) is 24.8 Å². The summed E-state index contributed by atoms with van der Waals surface area (Å²) in [5.41, 5.74) is 1.02. The number of carboxylic acids is 1. The van der Waals surface area contributed by atoms with Gasteiger partial charge in [0.05, 0.1) is 25.2 Å². The Kier molecular flexibility index (Phi) is 10.8. The quantitative estimate of drug-likeness (QED) is 0.0792. The number of aromatic hydroxyl groups is 1. The second kappa shape index (κ2) is 14.6. The topological polar surface area (TPSA) is 172 Å². The van der Waals surface area contributed by atoms with Gasteiger partial charge < -0.3 is 44.5 Å². The molecule has 1 aromatic carbocycles. The summed E-state index contributed by atoms with van der Waals surface area (Å²) < 4.78 is 23.3. The number of allylic oxidation sites excluding steroid dienone is 2. The van der Waals surface area contributed by atoms with E-state index in [4.69, 9.17) is 18.9 Å². The van der Waals surface area contributed by atoms with Crippen molar-refractivity contribution < 1.29 is 54.1 Å². The molecule has 11 nitrogen and oxygen atoms in total. The monoisotopic (exact) mass is 794 g/mol. The van der Waals surface area contributed by atoms with Crippen molar-refractivity contribution >= 4 is 18.0 Å². The van der Waals surface area contributed by atoms with E-state index in [2.05, 4.69) is 54.5 Å². The molecule has 0 aromatic heterocycles. The highest BCUT2D eigenvalue weighted by Crippen LogP contribution is 2.76. The summed E-state index contributed by atoms with van der Waals surface area (Å²) >= 11 is 0. The predicted octanol–water partition coefficient (Wildman–Crippen LogP) is 7.04. The van der Waals surface area contributed by atoms with Crippen molar-refractivity contribution in [1.82, 2.24) is 0 Å². The number of hydrogen-bond donors (Lipinski definition) is 5. The van der Waals surface area contributed by atoms with E-state index in [0.29, 0.717) is 17.4 Å². The van der Waals surface area contributed by atoms with Gasteiger partial charge in [0.15, 0.2) is 23.9 Å². The van der Waals surface area contributed by atoms with Crippen molar-refractivity contribution in [3.8, 4) is 11.5 Å². The van der Waals surface area contributed by atoms with Crippen molar-refractivity contribution in [2.45, 2.75) is 149 Å². The van der Waals surface area contributed by atoms with Crippen LogP contribution in [0.4, 0.5) is 0 Å². The number of aliphatic hydroxyl groups is 3. The number of ether oxygens (including phenoxy) is 4. The van der Waals surface area contributed by atoms with Crippen LogP contribution in [0.1, 0.15) is 118 Å². The van der Waals surface area contributed by atoms with Crippen LogP contribution < -0.4 is 4.74 Å². The van der Waals surface area contributed by atoms with Crippen molar-refractivity contribution in [1.29, 1.82) is 0 Å². The molecule has 13 atom stereocenters. The Morgan fingerprint density at radius 3 is 2.33 bits per heavy atom. The number of esters is 1. The van der Waals surface area contributed by atoms with Crippen molar-refractivity contribution in [2.24, 2.45) is 50.2 Å². The van der Waals surface area contributed by atoms with Gasteiger partial charge in [-0.25, -0.2) is 4.79 Å². The van der Waals surface area contributed by atoms with Gasteiger partial charge in [-0.3, -0.25) is 4.79 Å². The van der Waals surface area contributed by atoms with Gasteiger partial charge in [0.1, 0.15) is 18.3 Å². The van der Waals surface area contributed by atoms with E-state index in [-0.39, 0.29) is 50.6 Å². The summed E-state index contributed by atoms with van der Waals surface area (Å²) in [5.74, 6) is -0.467. The third-order valence-corrected chi connectivity index (χ3v) is 17.0. The molecule has 13 unspecified atom stereocenters. The van der Waals surface area contributed by atoms with Crippen LogP contribution in [0.15, 0.2) is 35.9 Å². The molecule has 5 N–H and O–H groups in total. The van der Waals surface area contributed by atoms with Crippen LogP contribution >= 0.6 is 0 Å². The highest BCUT2D eigenvalue weighted by Gasteiger charge is 2.69. The molecule has 1 aromatic rings. The summed E-state index contributed by atoms with van der Waals surface area (Å²) in [6.07, 6.45) is 6.81. The molecule has 0 amide bonds. The van der Waals surface area contributed by atoms with Crippen molar-refractivity contribution in [3.05, 3.63) is 41.5 Å². The van der Waals surface area contributed by atoms with E-state index >= 15 is 0 Å². The van der Waals surface area contributed by atoms with Gasteiger partial charge in [-0.15, -0.1) is 0 Å². The van der Waals surface area contributed by atoms with Crippen LogP contribution in [0, 0.1) is 50.2 Å². The standard InChI is InChI=1S/C46H66O11/c1-41(2)19-21-46(40(52)53)22-20-44(6)27(28(46)24-41)11-13-33-43(5)17-16-34(42(3,4)32(43)15-18-45(33,44)7)56-39-37(51)36(50)38(31(25-47)55-39)57-35(49)14-10-26-9-12-29(48)30(23-26)54-8/h9-12,14,23,28,31-34,36-39,47-48,50-51H,13,15-22,24-25H2,1-8H3,(H,52,53)/b14-10+. The average molecular weight is 795 g/mol. The summed E-state index contributed by atoms with van der Waals surface area (Å²) in [4.78, 5) is 25.9. The van der Waals surface area contributed by atoms with E-state index in [0.717, 1.165) is 70.3 Å². The second-order valence-corrected chi connectivity index (χ2v) is 20.5. The van der Waals surface area contributed by atoms with Crippen LogP contribution in [0.3, 0.4) is 0 Å². The lowest BCUT2D eigenvalue weighted by atomic mass is 9.33. The van der Waals surface area contributed by atoms with Gasteiger partial charge in [-0.1, -0.05) is 66.2 Å². The maximum atomic E-state index is 13.1. The summed E-state index contributed by atoms with van der Waals surface area (Å²) in [7, 11) is 1.42. The van der Waals surface area contributed by atoms with Gasteiger partial charge in [0.25, 0.3) is 0 Å². The van der Waals surface area contributed by atoms with E-state index in [1.54, 1.807) is 12.1 Å². The summed E-state index contributed by atoms with van der Waals surface area (Å²) in [6.45, 7) is 16.0. The Bertz CT molecular complexity index is 1780. The SMILES string of the molecule is COc1cc(/C=C/C(=O)OC2C(CO)OC(OC3CCC4(C)C(CCC5(C)C4CC=C4C6CC(C)(C)CCC6(C(=O)O)CCC45C)C3(C)C)C(O)C2O)ccc1O. The number of rotatable bonds is 8. The maximum absolute atomic E-state index is 13.1. The molecule has 1 aliphatic heterocycles. The van der Waals surface area contributed by atoms with Gasteiger partial charge in [0.2, 0.25) is 0 Å². The van der Waals surface area contributed by atoms with E-state index in [1.807, 2.05) is 0 Å². The Morgan fingerprint density at radius 1 is 0.930 bits per heavy atom. The molecule has 1 heterocycles. The first-order chi connectivity index (χ1) is 26.7. The molecule has 7 rings (SSSR count). The molecule has 0 bridgehead atoms. The smallest absolute Gasteiger partial charge is 0.331 e. The van der Waals surface area contributed by atoms with Crippen LogP contribution in [-0.2, 0) is 23.8 Å². The third kappa shape index (κ3) is 6.66. The number of carbonyl (C=O) groups excluding carboxylic acids is 1. The molecule has 316 valence electrons. The zero-order chi connectivity index (χ0) is 41.5. The number of benzene rings is 1. The van der Waals surface area contributed by atoms with Crippen molar-refractivity contribution in [2.75, 3.05) is 13.7 Å². The molecule has 0 radical (unpaired) electrons. The highest BCUT2D eigenvalue weighted by atomic mass is 16.7. The first-order valence-electron chi connectivity index (χ1n) is 21.1. The molecule has 0 spiro atoms. The van der Waals surface area contributed by atoms with E-state index < -0.39 is 54.7 Å². The van der Waals surface area contributed by atoms with Crippen molar-refractivity contribution in [3.63, 3.8) is 0 Å². The predicted molar refractivity (Wildman–Crippen MR) is 213 cm³/mol. The second-order valence-electron chi connectivity index (χ2n) is 20.5. The summed E-state index contributed by atoms with van der Waals surface area (Å²) in [5, 5.41) is 53.5. The van der Waals surface area contributed by atoms with Gasteiger partial charge >= 0.3 is 11.9 Å². The third-order valence-electron chi connectivity index (χ3n) is 17.0. The molecule has 57 heavy (non-hydrogen) atoms. The first-order valence-corrected chi connectivity index (χ1v) is 21.1. The lowest BCUT2D eigenvalue weighted by Crippen LogP contribution is -2.66. The van der Waals surface area contributed by atoms with E-state index in [9.17, 15) is 35.1 Å². The molecule has 5 fully saturated rings. The fraction of sp³-hybridized carbons (Fsp3) is 0.739. The zero-order valence-electron chi connectivity index (χ0n) is 35.1. The number of methoxy groups -OCH3 is 1. The lowest BCUT2D eigenvalue weighted by Gasteiger charge is -2.71. The minimum absolute atomic E-state index is 0.00810. The minimum atomic E-state index is -1.58. The number of carboxylic acid groups (broad SMARTS) is 1.